The number of hydrogen-bond acceptors (Lipinski definition) is 12. The van der Waals surface area contributed by atoms with Crippen molar-refractivity contribution >= 4 is 5.91 Å². The average molecular weight is 801 g/mol. The molecule has 57 heavy (non-hydrogen) atoms. The summed E-state index contributed by atoms with van der Waals surface area (Å²) >= 11 is 0. The highest BCUT2D eigenvalue weighted by molar-refractivity contribution is 5.86. The quantitative estimate of drug-likeness (QED) is 0.173. The van der Waals surface area contributed by atoms with E-state index in [4.69, 9.17) is 18.9 Å². The zero-order valence-corrected chi connectivity index (χ0v) is 34.7. The van der Waals surface area contributed by atoms with Crippen LogP contribution in [-0.2, 0) is 18.9 Å². The van der Waals surface area contributed by atoms with Crippen molar-refractivity contribution in [3.63, 3.8) is 0 Å². The number of nitrogens with zero attached hydrogens (tertiary/aromatic N) is 2. The molecule has 8 rings (SSSR count). The molecule has 13 heteroatoms. The first kappa shape index (κ1) is 41.9. The van der Waals surface area contributed by atoms with Crippen LogP contribution in [0, 0.1) is 56.7 Å². The van der Waals surface area contributed by atoms with Gasteiger partial charge in [-0.3, -0.25) is 9.36 Å². The van der Waals surface area contributed by atoms with Crippen molar-refractivity contribution in [2.45, 2.75) is 167 Å². The summed E-state index contributed by atoms with van der Waals surface area (Å²) in [6, 6.07) is 0. The fraction of sp³-hybridized carbons (Fsp3) is 0.864. The summed E-state index contributed by atoms with van der Waals surface area (Å²) in [6.07, 6.45) is 1.99. The first-order valence-electron chi connectivity index (χ1n) is 21.7. The molecule has 0 bridgehead atoms. The Kier molecular flexibility index (Phi) is 10.8. The van der Waals surface area contributed by atoms with Crippen molar-refractivity contribution in [3.05, 3.63) is 30.9 Å². The Bertz CT molecular complexity index is 1660. The first-order chi connectivity index (χ1) is 26.9. The van der Waals surface area contributed by atoms with E-state index in [0.717, 1.165) is 57.8 Å². The molecule has 3 heterocycles. The smallest absolute Gasteiger partial charge is 0.238 e. The summed E-state index contributed by atoms with van der Waals surface area (Å²) in [4.78, 5) is 18.7. The number of fused-ring (bicyclic) bond motifs is 7. The molecule has 2 aliphatic heterocycles. The maximum absolute atomic E-state index is 14.5. The van der Waals surface area contributed by atoms with Crippen LogP contribution in [0.25, 0.3) is 0 Å². The number of aliphatic hydroxyl groups excluding tert-OH is 6. The lowest BCUT2D eigenvalue weighted by molar-refractivity contribution is -0.366. The topological polar surface area (TPSA) is 193 Å². The van der Waals surface area contributed by atoms with Crippen molar-refractivity contribution in [2.75, 3.05) is 13.2 Å². The van der Waals surface area contributed by atoms with Gasteiger partial charge in [0, 0.05) is 17.8 Å². The number of aliphatic hydroxyl groups is 6. The number of imidazole rings is 1. The lowest BCUT2D eigenvalue weighted by atomic mass is 9.32. The van der Waals surface area contributed by atoms with Crippen LogP contribution in [0.15, 0.2) is 30.9 Å². The van der Waals surface area contributed by atoms with Gasteiger partial charge in [-0.15, -0.1) is 0 Å². The molecule has 2 saturated heterocycles. The fourth-order valence-electron chi connectivity index (χ4n) is 14.8. The highest BCUT2D eigenvalue weighted by atomic mass is 16.8. The van der Waals surface area contributed by atoms with E-state index in [2.05, 4.69) is 46.2 Å². The molecule has 0 aromatic carbocycles. The minimum atomic E-state index is -1.62. The molecule has 0 spiro atoms. The molecule has 6 N–H and O–H groups in total. The third-order valence-electron chi connectivity index (χ3n) is 18.1. The first-order valence-corrected chi connectivity index (χ1v) is 21.7. The number of ether oxygens (including phenoxy) is 4. The van der Waals surface area contributed by atoms with Gasteiger partial charge in [0.05, 0.1) is 30.8 Å². The maximum Gasteiger partial charge on any atom is 0.238 e. The van der Waals surface area contributed by atoms with Crippen molar-refractivity contribution in [1.82, 2.24) is 9.55 Å². The Morgan fingerprint density at radius 3 is 2.30 bits per heavy atom. The van der Waals surface area contributed by atoms with Gasteiger partial charge in [0.1, 0.15) is 43.0 Å². The van der Waals surface area contributed by atoms with Crippen LogP contribution in [0.3, 0.4) is 0 Å². The van der Waals surface area contributed by atoms with Gasteiger partial charge >= 0.3 is 0 Å². The van der Waals surface area contributed by atoms with Crippen molar-refractivity contribution in [3.8, 4) is 0 Å². The molecule has 320 valence electrons. The lowest BCUT2D eigenvalue weighted by Gasteiger charge is -2.73. The van der Waals surface area contributed by atoms with E-state index in [1.165, 1.54) is 5.57 Å². The van der Waals surface area contributed by atoms with E-state index in [-0.39, 0.29) is 47.2 Å². The van der Waals surface area contributed by atoms with Crippen molar-refractivity contribution < 1.29 is 54.4 Å². The lowest BCUT2D eigenvalue weighted by Crippen LogP contribution is -2.68. The molecule has 5 saturated carbocycles. The van der Waals surface area contributed by atoms with Gasteiger partial charge in [0.25, 0.3) is 0 Å². The molecular formula is C44H68N2O11. The van der Waals surface area contributed by atoms with Gasteiger partial charge in [0.2, 0.25) is 5.91 Å². The van der Waals surface area contributed by atoms with Gasteiger partial charge in [-0.05, 0) is 124 Å². The van der Waals surface area contributed by atoms with E-state index >= 15 is 0 Å². The Morgan fingerprint density at radius 2 is 1.61 bits per heavy atom. The van der Waals surface area contributed by atoms with Gasteiger partial charge in [-0.1, -0.05) is 39.8 Å². The SMILES string of the molecule is C=C(C)[C@@H]1CC[C@]2(C(=O)n3ccnc3)CC[C@]3(C)[C@H](CC[C@@H]4[C@@]5(C)CC[C@H](O[C@@H]6OC[C@H](O)[C@H](O)[C@H]6O[C@@H]6O[C@@H](C)[C@H](O)[C@@H](O)[C@H]6O)[C@@](C)(CO)[C@@H]5CC[C@]43C)[C@@H]12. The highest BCUT2D eigenvalue weighted by Crippen LogP contribution is 2.77. The predicted octanol–water partition coefficient (Wildman–Crippen LogP) is 3.83. The average Bonchev–Trinajstić information content (AvgIpc) is 3.86. The molecular weight excluding hydrogens is 732 g/mol. The summed E-state index contributed by atoms with van der Waals surface area (Å²) in [7, 11) is 0. The number of allylic oxidation sites excluding steroid dienone is 1. The molecule has 13 nitrogen and oxygen atoms in total. The van der Waals surface area contributed by atoms with Crippen LogP contribution in [0.2, 0.25) is 0 Å². The van der Waals surface area contributed by atoms with Gasteiger partial charge < -0.3 is 49.6 Å². The molecule has 0 amide bonds. The largest absolute Gasteiger partial charge is 0.396 e. The minimum absolute atomic E-state index is 0.0125. The summed E-state index contributed by atoms with van der Waals surface area (Å²) in [5.74, 6) is 1.63. The predicted molar refractivity (Wildman–Crippen MR) is 207 cm³/mol. The molecule has 20 atom stereocenters. The van der Waals surface area contributed by atoms with Crippen LogP contribution < -0.4 is 0 Å². The second kappa shape index (κ2) is 14.7. The van der Waals surface area contributed by atoms with E-state index in [1.807, 2.05) is 0 Å². The zero-order valence-electron chi connectivity index (χ0n) is 34.7. The maximum atomic E-state index is 14.5. The number of carbonyl (C=O) groups is 1. The Hall–Kier alpha value is -1.78. The summed E-state index contributed by atoms with van der Waals surface area (Å²) in [6.45, 7) is 17.5. The van der Waals surface area contributed by atoms with E-state index in [9.17, 15) is 35.4 Å². The van der Waals surface area contributed by atoms with E-state index < -0.39 is 72.2 Å². The molecule has 7 fully saturated rings. The van der Waals surface area contributed by atoms with Gasteiger partial charge in [0.15, 0.2) is 12.6 Å². The number of rotatable bonds is 7. The van der Waals surface area contributed by atoms with Crippen LogP contribution in [0.5, 0.6) is 0 Å². The summed E-state index contributed by atoms with van der Waals surface area (Å²) < 4.78 is 26.2. The number of hydrogen-bond donors (Lipinski definition) is 6. The fourth-order valence-corrected chi connectivity index (χ4v) is 14.8. The van der Waals surface area contributed by atoms with Crippen LogP contribution >= 0.6 is 0 Å². The third-order valence-corrected chi connectivity index (χ3v) is 18.1. The standard InChI is InChI=1S/C44H68N2O11/c1-23(2)25-10-15-44(39(53)46-19-18-45-22-46)17-16-42(6)26(31(25)44)8-9-29-40(4)13-12-30(41(5,21-47)28(40)11-14-43(29,42)7)56-38-36(33(50)27(48)20-54-38)57-37-35(52)34(51)32(49)24(3)55-37/h18-19,22,24-38,47-52H,1,8-17,20-21H2,2-7H3/t24-,25-,26+,27-,28+,29+,30-,31+,32-,33-,34+,35+,36+,37-,38-,40-,41-,42+,43+,44-/m0/s1. The van der Waals surface area contributed by atoms with Crippen LogP contribution in [0.1, 0.15) is 111 Å². The van der Waals surface area contributed by atoms with Gasteiger partial charge in [-0.2, -0.15) is 0 Å². The molecule has 0 unspecified atom stereocenters. The molecule has 5 aliphatic carbocycles. The zero-order chi connectivity index (χ0) is 41.0. The second-order valence-electron chi connectivity index (χ2n) is 20.5. The molecule has 1 aromatic rings. The second-order valence-corrected chi connectivity index (χ2v) is 20.5. The van der Waals surface area contributed by atoms with Crippen molar-refractivity contribution in [2.24, 2.45) is 56.7 Å². The normalized spacial score (nSPS) is 53.6. The molecule has 7 aliphatic rings. The minimum Gasteiger partial charge on any atom is -0.396 e. The van der Waals surface area contributed by atoms with E-state index in [0.29, 0.717) is 24.2 Å². The number of aromatic nitrogens is 2. The van der Waals surface area contributed by atoms with Gasteiger partial charge in [-0.25, -0.2) is 4.98 Å². The summed E-state index contributed by atoms with van der Waals surface area (Å²) in [5, 5.41) is 64.5. The van der Waals surface area contributed by atoms with Crippen LogP contribution in [-0.4, -0.2) is 121 Å². The Morgan fingerprint density at radius 1 is 0.860 bits per heavy atom. The monoisotopic (exact) mass is 800 g/mol. The summed E-state index contributed by atoms with van der Waals surface area (Å²) in [5.41, 5.74) is 0.0186. The molecule has 0 radical (unpaired) electrons. The number of carbonyl (C=O) groups excluding carboxylic acids is 1. The van der Waals surface area contributed by atoms with Crippen molar-refractivity contribution in [1.29, 1.82) is 0 Å². The highest BCUT2D eigenvalue weighted by Gasteiger charge is 2.72. The third kappa shape index (κ3) is 6.06. The Balaban J connectivity index is 1.05. The Labute approximate surface area is 337 Å². The van der Waals surface area contributed by atoms with Crippen LogP contribution in [0.4, 0.5) is 0 Å². The van der Waals surface area contributed by atoms with E-state index in [1.54, 1.807) is 30.2 Å². The molecule has 1 aromatic heterocycles.